The Bertz CT molecular complexity index is 167. The van der Waals surface area contributed by atoms with Crippen LogP contribution < -0.4 is 0 Å². The van der Waals surface area contributed by atoms with Crippen molar-refractivity contribution in [2.45, 2.75) is 0 Å². The summed E-state index contributed by atoms with van der Waals surface area (Å²) in [5.74, 6) is 0. The Kier molecular flexibility index (Phi) is 3.17. The first kappa shape index (κ1) is 8.37. The summed E-state index contributed by atoms with van der Waals surface area (Å²) in [6.07, 6.45) is 0.769. The maximum Gasteiger partial charge on any atom is 0.427 e. The maximum absolute atomic E-state index is 9.60. The van der Waals surface area contributed by atoms with Gasteiger partial charge in [-0.25, -0.2) is 0 Å². The second-order valence-electron chi connectivity index (χ2n) is 0.827. The van der Waals surface area contributed by atoms with Crippen molar-refractivity contribution in [3.05, 3.63) is 12.8 Å². The lowest BCUT2D eigenvalue weighted by Gasteiger charge is -1.92. The third kappa shape index (κ3) is 7.37. The van der Waals surface area contributed by atoms with Crippen molar-refractivity contribution in [3.63, 3.8) is 0 Å². The molecule has 0 radical (unpaired) electrons. The molecule has 1 N–H and O–H groups in total. The fourth-order valence-electron chi connectivity index (χ4n) is 0.0789. The van der Waals surface area contributed by atoms with E-state index in [2.05, 4.69) is 20.8 Å². The van der Waals surface area contributed by atoms with E-state index in [0.717, 1.165) is 6.26 Å². The molecule has 0 aliphatic rings. The monoisotopic (exact) mass is 156 g/mol. The minimum absolute atomic E-state index is 0.769. The second kappa shape index (κ2) is 3.41. The van der Waals surface area contributed by atoms with Gasteiger partial charge in [0.1, 0.15) is 6.26 Å². The van der Waals surface area contributed by atoms with Crippen molar-refractivity contribution in [3.8, 4) is 0 Å². The molecule has 0 aliphatic carbocycles. The van der Waals surface area contributed by atoms with Crippen LogP contribution in [0, 0.1) is 0 Å². The standard InChI is InChI=1S/C2H4O6S/c1-2-6-7-8-9(3,4)5/h2H,1H2,(H,3,4,5). The summed E-state index contributed by atoms with van der Waals surface area (Å²) in [5.41, 5.74) is 0. The van der Waals surface area contributed by atoms with Crippen LogP contribution in [-0.4, -0.2) is 13.0 Å². The summed E-state index contributed by atoms with van der Waals surface area (Å²) in [6.45, 7) is 2.98. The molecule has 0 saturated carbocycles. The van der Waals surface area contributed by atoms with Crippen LogP contribution >= 0.6 is 0 Å². The molecule has 9 heavy (non-hydrogen) atoms. The molecule has 0 spiro atoms. The maximum atomic E-state index is 9.60. The summed E-state index contributed by atoms with van der Waals surface area (Å²) < 4.78 is 30.2. The zero-order valence-electron chi connectivity index (χ0n) is 4.18. The van der Waals surface area contributed by atoms with Gasteiger partial charge >= 0.3 is 10.4 Å². The fourth-order valence-corrected chi connectivity index (χ4v) is 0.181. The van der Waals surface area contributed by atoms with Crippen LogP contribution in [0.4, 0.5) is 0 Å². The molecule has 54 valence electrons. The van der Waals surface area contributed by atoms with Crippen LogP contribution in [-0.2, 0) is 24.7 Å². The van der Waals surface area contributed by atoms with Crippen molar-refractivity contribution in [1.82, 2.24) is 0 Å². The zero-order chi connectivity index (χ0) is 7.33. The largest absolute Gasteiger partial charge is 0.427 e. The van der Waals surface area contributed by atoms with Crippen molar-refractivity contribution in [2.24, 2.45) is 0 Å². The molecule has 0 aromatic carbocycles. The fraction of sp³-hybridized carbons (Fsp3) is 0. The molecule has 0 aromatic rings. The average Bonchev–Trinajstić information content (AvgIpc) is 1.63. The Hall–Kier alpha value is -0.630. The normalized spacial score (nSPS) is 10.8. The smallest absolute Gasteiger partial charge is 0.316 e. The van der Waals surface area contributed by atoms with Crippen molar-refractivity contribution in [1.29, 1.82) is 0 Å². The topological polar surface area (TPSA) is 82.1 Å². The first-order chi connectivity index (χ1) is 4.06. The highest BCUT2D eigenvalue weighted by Gasteiger charge is 2.04. The molecule has 0 bridgehead atoms. The molecule has 0 heterocycles. The van der Waals surface area contributed by atoms with Gasteiger partial charge in [-0.15, -0.1) is 0 Å². The van der Waals surface area contributed by atoms with Gasteiger partial charge in [0.15, 0.2) is 0 Å². The Morgan fingerprint density at radius 3 is 2.44 bits per heavy atom. The van der Waals surface area contributed by atoms with Crippen LogP contribution in [0.3, 0.4) is 0 Å². The van der Waals surface area contributed by atoms with E-state index < -0.39 is 10.4 Å². The van der Waals surface area contributed by atoms with Crippen LogP contribution in [0.25, 0.3) is 0 Å². The van der Waals surface area contributed by atoms with Crippen LogP contribution in [0.15, 0.2) is 12.8 Å². The molecular formula is C2H4O6S. The van der Waals surface area contributed by atoms with Crippen molar-refractivity contribution < 1.29 is 27.2 Å². The molecule has 0 amide bonds. The van der Waals surface area contributed by atoms with Crippen LogP contribution in [0.2, 0.25) is 0 Å². The third-order valence-corrected chi connectivity index (χ3v) is 0.449. The molecule has 6 nitrogen and oxygen atoms in total. The second-order valence-corrected chi connectivity index (χ2v) is 1.82. The summed E-state index contributed by atoms with van der Waals surface area (Å²) in [4.78, 5) is 3.71. The van der Waals surface area contributed by atoms with Gasteiger partial charge < -0.3 is 4.89 Å². The molecule has 0 unspecified atom stereocenters. The highest BCUT2D eigenvalue weighted by atomic mass is 32.3. The molecule has 0 saturated heterocycles. The number of hydrogen-bond donors (Lipinski definition) is 1. The lowest BCUT2D eigenvalue weighted by Crippen LogP contribution is -2.02. The van der Waals surface area contributed by atoms with Crippen molar-refractivity contribution >= 4 is 10.4 Å². The Balaban J connectivity index is 3.40. The first-order valence-corrected chi connectivity index (χ1v) is 3.03. The van der Waals surface area contributed by atoms with E-state index >= 15 is 0 Å². The molecular weight excluding hydrogens is 152 g/mol. The number of hydrogen-bond acceptors (Lipinski definition) is 5. The zero-order valence-corrected chi connectivity index (χ0v) is 5.00. The molecule has 0 rings (SSSR count). The summed E-state index contributed by atoms with van der Waals surface area (Å²) >= 11 is 0. The SMILES string of the molecule is C=COOOS(=O)(=O)O. The average molecular weight is 156 g/mol. The molecule has 7 heteroatoms. The Morgan fingerprint density at radius 2 is 2.11 bits per heavy atom. The van der Waals surface area contributed by atoms with Gasteiger partial charge in [-0.2, -0.15) is 8.42 Å². The minimum Gasteiger partial charge on any atom is -0.316 e. The highest BCUT2D eigenvalue weighted by molar-refractivity contribution is 7.80. The Labute approximate surface area is 51.5 Å². The van der Waals surface area contributed by atoms with Gasteiger partial charge in [0.05, 0.1) is 0 Å². The van der Waals surface area contributed by atoms with Gasteiger partial charge in [-0.3, -0.25) is 4.55 Å². The lowest BCUT2D eigenvalue weighted by atomic mass is 11.2. The summed E-state index contributed by atoms with van der Waals surface area (Å²) in [5, 5.41) is 3.39. The molecule has 0 aromatic heterocycles. The van der Waals surface area contributed by atoms with Crippen molar-refractivity contribution in [2.75, 3.05) is 0 Å². The van der Waals surface area contributed by atoms with E-state index in [1.165, 1.54) is 0 Å². The first-order valence-electron chi connectivity index (χ1n) is 1.66. The van der Waals surface area contributed by atoms with E-state index in [0.29, 0.717) is 0 Å². The quantitative estimate of drug-likeness (QED) is 0.200. The Morgan fingerprint density at radius 1 is 1.56 bits per heavy atom. The van der Waals surface area contributed by atoms with Crippen LogP contribution in [0.5, 0.6) is 0 Å². The van der Waals surface area contributed by atoms with Gasteiger partial charge in [-0.1, -0.05) is 6.58 Å². The highest BCUT2D eigenvalue weighted by Crippen LogP contribution is 1.87. The van der Waals surface area contributed by atoms with Gasteiger partial charge in [0.2, 0.25) is 0 Å². The lowest BCUT2D eigenvalue weighted by molar-refractivity contribution is -0.439. The predicted molar refractivity (Wildman–Crippen MR) is 25.0 cm³/mol. The van der Waals surface area contributed by atoms with Crippen LogP contribution in [0.1, 0.15) is 0 Å². The summed E-state index contributed by atoms with van der Waals surface area (Å²) in [7, 11) is -4.59. The van der Waals surface area contributed by atoms with E-state index in [1.54, 1.807) is 0 Å². The van der Waals surface area contributed by atoms with E-state index in [-0.39, 0.29) is 0 Å². The molecule has 0 atom stereocenters. The summed E-state index contributed by atoms with van der Waals surface area (Å²) in [6, 6.07) is 0. The van der Waals surface area contributed by atoms with Gasteiger partial charge in [0.25, 0.3) is 0 Å². The molecule has 0 aliphatic heterocycles. The third-order valence-electron chi connectivity index (χ3n) is 0.221. The van der Waals surface area contributed by atoms with Gasteiger partial charge in [-0.05, 0) is 4.33 Å². The molecule has 0 fully saturated rings. The van der Waals surface area contributed by atoms with E-state index in [1.807, 2.05) is 0 Å². The van der Waals surface area contributed by atoms with Gasteiger partial charge in [0, 0.05) is 5.04 Å². The van der Waals surface area contributed by atoms with E-state index in [4.69, 9.17) is 4.55 Å². The minimum atomic E-state index is -4.59. The van der Waals surface area contributed by atoms with E-state index in [9.17, 15) is 8.42 Å². The number of rotatable bonds is 4. The predicted octanol–water partition coefficient (Wildman–Crippen LogP) is -0.188.